The number of nitrogens with zero attached hydrogens (tertiary/aromatic N) is 1. The lowest BCUT2D eigenvalue weighted by atomic mass is 10.1. The van der Waals surface area contributed by atoms with Gasteiger partial charge in [-0.1, -0.05) is 0 Å². The molecule has 2 heterocycles. The quantitative estimate of drug-likeness (QED) is 0.892. The highest BCUT2D eigenvalue weighted by atomic mass is 79.9. The normalized spacial score (nSPS) is 20.0. The number of nitrogens with one attached hydrogen (secondary N) is 2. The second kappa shape index (κ2) is 5.64. The zero-order valence-corrected chi connectivity index (χ0v) is 11.2. The third kappa shape index (κ3) is 3.19. The predicted octanol–water partition coefficient (Wildman–Crippen LogP) is 2.71. The van der Waals surface area contributed by atoms with Crippen LogP contribution < -0.4 is 10.6 Å². The molecule has 1 aliphatic heterocycles. The number of hydrogen-bond acceptors (Lipinski definition) is 3. The van der Waals surface area contributed by atoms with Crippen molar-refractivity contribution in [1.29, 1.82) is 0 Å². The van der Waals surface area contributed by atoms with Crippen molar-refractivity contribution in [1.82, 2.24) is 10.3 Å². The van der Waals surface area contributed by atoms with Crippen molar-refractivity contribution in [2.45, 2.75) is 32.2 Å². The monoisotopic (exact) mass is 283 g/mol. The van der Waals surface area contributed by atoms with Gasteiger partial charge in [0.1, 0.15) is 5.82 Å². The molecule has 1 aromatic rings. The van der Waals surface area contributed by atoms with Gasteiger partial charge in [-0.15, -0.1) is 0 Å². The maximum absolute atomic E-state index is 4.36. The van der Waals surface area contributed by atoms with E-state index in [9.17, 15) is 0 Å². The first-order valence-electron chi connectivity index (χ1n) is 5.85. The Hall–Kier alpha value is -0.610. The summed E-state index contributed by atoms with van der Waals surface area (Å²) in [5.74, 6) is 1.00. The van der Waals surface area contributed by atoms with Gasteiger partial charge in [0.05, 0.1) is 0 Å². The fraction of sp³-hybridized carbons (Fsp3) is 0.583. The van der Waals surface area contributed by atoms with Crippen LogP contribution in [0, 0.1) is 6.92 Å². The third-order valence-corrected chi connectivity index (χ3v) is 3.43. The number of rotatable bonds is 4. The maximum atomic E-state index is 4.36. The van der Waals surface area contributed by atoms with Crippen molar-refractivity contribution >= 4 is 21.7 Å². The lowest BCUT2D eigenvalue weighted by Gasteiger charge is -2.12. The average molecular weight is 284 g/mol. The Morgan fingerprint density at radius 1 is 1.62 bits per heavy atom. The van der Waals surface area contributed by atoms with Crippen LogP contribution in [0.3, 0.4) is 0 Å². The molecule has 4 heteroatoms. The van der Waals surface area contributed by atoms with Crippen LogP contribution in [0.5, 0.6) is 0 Å². The number of aryl methyl sites for hydroxylation is 1. The van der Waals surface area contributed by atoms with Gasteiger partial charge in [-0.25, -0.2) is 4.98 Å². The Labute approximate surface area is 105 Å². The van der Waals surface area contributed by atoms with Gasteiger partial charge < -0.3 is 10.6 Å². The summed E-state index contributed by atoms with van der Waals surface area (Å²) in [6, 6.07) is 2.78. The van der Waals surface area contributed by atoms with Gasteiger partial charge in [0, 0.05) is 23.3 Å². The van der Waals surface area contributed by atoms with E-state index in [1.807, 2.05) is 6.20 Å². The van der Waals surface area contributed by atoms with Crippen molar-refractivity contribution in [3.05, 3.63) is 22.3 Å². The van der Waals surface area contributed by atoms with E-state index in [2.05, 4.69) is 44.5 Å². The SMILES string of the molecule is Cc1cc(Br)cnc1NCCC1CCCN1. The largest absolute Gasteiger partial charge is 0.370 e. The van der Waals surface area contributed by atoms with Crippen molar-refractivity contribution in [3.63, 3.8) is 0 Å². The molecule has 1 saturated heterocycles. The molecule has 1 fully saturated rings. The van der Waals surface area contributed by atoms with Crippen molar-refractivity contribution in [3.8, 4) is 0 Å². The molecule has 0 aromatic carbocycles. The van der Waals surface area contributed by atoms with Crippen LogP contribution >= 0.6 is 15.9 Å². The van der Waals surface area contributed by atoms with Crippen LogP contribution in [0.2, 0.25) is 0 Å². The standard InChI is InChI=1S/C12H18BrN3/c1-9-7-10(13)8-16-12(9)15-6-4-11-3-2-5-14-11/h7-8,11,14H,2-6H2,1H3,(H,15,16). The fourth-order valence-corrected chi connectivity index (χ4v) is 2.54. The summed E-state index contributed by atoms with van der Waals surface area (Å²) in [6.07, 6.45) is 5.65. The summed E-state index contributed by atoms with van der Waals surface area (Å²) in [7, 11) is 0. The highest BCUT2D eigenvalue weighted by Gasteiger charge is 2.13. The van der Waals surface area contributed by atoms with Crippen LogP contribution in [0.25, 0.3) is 0 Å². The third-order valence-electron chi connectivity index (χ3n) is 2.99. The molecule has 0 radical (unpaired) electrons. The van der Waals surface area contributed by atoms with E-state index >= 15 is 0 Å². The first-order valence-corrected chi connectivity index (χ1v) is 6.64. The molecule has 0 spiro atoms. The van der Waals surface area contributed by atoms with Gasteiger partial charge >= 0.3 is 0 Å². The van der Waals surface area contributed by atoms with E-state index in [4.69, 9.17) is 0 Å². The van der Waals surface area contributed by atoms with Crippen molar-refractivity contribution in [2.24, 2.45) is 0 Å². The number of pyridine rings is 1. The van der Waals surface area contributed by atoms with Gasteiger partial charge in [0.15, 0.2) is 0 Å². The molecule has 0 bridgehead atoms. The van der Waals surface area contributed by atoms with Crippen molar-refractivity contribution < 1.29 is 0 Å². The zero-order chi connectivity index (χ0) is 11.4. The molecule has 1 aliphatic rings. The minimum Gasteiger partial charge on any atom is -0.370 e. The smallest absolute Gasteiger partial charge is 0.128 e. The van der Waals surface area contributed by atoms with Gasteiger partial charge in [-0.05, 0) is 60.3 Å². The summed E-state index contributed by atoms with van der Waals surface area (Å²) in [5.41, 5.74) is 1.19. The van der Waals surface area contributed by atoms with E-state index in [-0.39, 0.29) is 0 Å². The van der Waals surface area contributed by atoms with E-state index in [0.717, 1.165) is 16.8 Å². The molecule has 1 atom stereocenters. The minimum atomic E-state index is 0.697. The lowest BCUT2D eigenvalue weighted by Crippen LogP contribution is -2.24. The molecule has 2 N–H and O–H groups in total. The Bertz CT molecular complexity index is 348. The molecule has 1 aromatic heterocycles. The van der Waals surface area contributed by atoms with Gasteiger partial charge in [-0.2, -0.15) is 0 Å². The van der Waals surface area contributed by atoms with Crippen LogP contribution in [-0.2, 0) is 0 Å². The van der Waals surface area contributed by atoms with Gasteiger partial charge in [-0.3, -0.25) is 0 Å². The summed E-state index contributed by atoms with van der Waals surface area (Å²) in [4.78, 5) is 4.36. The Morgan fingerprint density at radius 2 is 2.50 bits per heavy atom. The van der Waals surface area contributed by atoms with Crippen LogP contribution in [0.15, 0.2) is 16.7 Å². The van der Waals surface area contributed by atoms with E-state index in [0.29, 0.717) is 6.04 Å². The molecule has 88 valence electrons. The Balaban J connectivity index is 1.80. The summed E-state index contributed by atoms with van der Waals surface area (Å²) < 4.78 is 1.04. The van der Waals surface area contributed by atoms with Crippen LogP contribution in [0.4, 0.5) is 5.82 Å². The summed E-state index contributed by atoms with van der Waals surface area (Å²) >= 11 is 3.42. The Morgan fingerprint density at radius 3 is 3.19 bits per heavy atom. The summed E-state index contributed by atoms with van der Waals surface area (Å²) in [5, 5.41) is 6.89. The molecule has 16 heavy (non-hydrogen) atoms. The molecule has 0 aliphatic carbocycles. The average Bonchev–Trinajstić information content (AvgIpc) is 2.74. The molecule has 0 saturated carbocycles. The highest BCUT2D eigenvalue weighted by Crippen LogP contribution is 2.17. The minimum absolute atomic E-state index is 0.697. The molecular weight excluding hydrogens is 266 g/mol. The molecule has 0 amide bonds. The van der Waals surface area contributed by atoms with E-state index < -0.39 is 0 Å². The second-order valence-corrected chi connectivity index (χ2v) is 5.24. The first-order chi connectivity index (χ1) is 7.75. The lowest BCUT2D eigenvalue weighted by molar-refractivity contribution is 0.574. The van der Waals surface area contributed by atoms with Crippen LogP contribution in [0.1, 0.15) is 24.8 Å². The molecular formula is C12H18BrN3. The zero-order valence-electron chi connectivity index (χ0n) is 9.59. The molecule has 3 nitrogen and oxygen atoms in total. The summed E-state index contributed by atoms with van der Waals surface area (Å²) in [6.45, 7) is 4.25. The number of anilines is 1. The van der Waals surface area contributed by atoms with Gasteiger partial charge in [0.2, 0.25) is 0 Å². The van der Waals surface area contributed by atoms with E-state index in [1.165, 1.54) is 31.4 Å². The molecule has 1 unspecified atom stereocenters. The highest BCUT2D eigenvalue weighted by molar-refractivity contribution is 9.10. The number of aromatic nitrogens is 1. The predicted molar refractivity (Wildman–Crippen MR) is 70.8 cm³/mol. The first kappa shape index (κ1) is 11.9. The molecule has 2 rings (SSSR count). The Kier molecular flexibility index (Phi) is 4.18. The fourth-order valence-electron chi connectivity index (χ4n) is 2.09. The second-order valence-electron chi connectivity index (χ2n) is 4.33. The van der Waals surface area contributed by atoms with Gasteiger partial charge in [0.25, 0.3) is 0 Å². The van der Waals surface area contributed by atoms with Crippen LogP contribution in [-0.4, -0.2) is 24.1 Å². The number of halogens is 1. The van der Waals surface area contributed by atoms with E-state index in [1.54, 1.807) is 0 Å². The van der Waals surface area contributed by atoms with Crippen molar-refractivity contribution in [2.75, 3.05) is 18.4 Å². The number of hydrogen-bond donors (Lipinski definition) is 2. The topological polar surface area (TPSA) is 37.0 Å². The maximum Gasteiger partial charge on any atom is 0.128 e.